The molecule has 26 heavy (non-hydrogen) atoms. The normalized spacial score (nSPS) is 9.96. The van der Waals surface area contributed by atoms with E-state index in [1.807, 2.05) is 0 Å². The summed E-state index contributed by atoms with van der Waals surface area (Å²) in [5.41, 5.74) is 1.46. The molecule has 0 fully saturated rings. The molecule has 7 nitrogen and oxygen atoms in total. The monoisotopic (exact) mass is 358 g/mol. The minimum atomic E-state index is -0.500. The van der Waals surface area contributed by atoms with Crippen molar-refractivity contribution in [3.8, 4) is 11.5 Å². The highest BCUT2D eigenvalue weighted by Crippen LogP contribution is 2.28. The number of para-hydroxylation sites is 1. The number of nitrogens with one attached hydrogen (secondary N) is 2. The summed E-state index contributed by atoms with van der Waals surface area (Å²) >= 11 is 0. The number of rotatable bonds is 8. The smallest absolute Gasteiger partial charge is 0.339 e. The van der Waals surface area contributed by atoms with Crippen molar-refractivity contribution in [1.29, 1.82) is 0 Å². The van der Waals surface area contributed by atoms with Gasteiger partial charge in [0, 0.05) is 19.0 Å². The van der Waals surface area contributed by atoms with Crippen molar-refractivity contribution in [3.05, 3.63) is 48.0 Å². The second kappa shape index (κ2) is 9.31. The molecule has 0 spiro atoms. The first-order valence-electron chi connectivity index (χ1n) is 8.02. The van der Waals surface area contributed by atoms with Crippen LogP contribution < -0.4 is 20.1 Å². The van der Waals surface area contributed by atoms with Crippen LogP contribution in [0, 0.1) is 0 Å². The van der Waals surface area contributed by atoms with Crippen molar-refractivity contribution < 1.29 is 23.8 Å². The van der Waals surface area contributed by atoms with Gasteiger partial charge in [-0.3, -0.25) is 4.79 Å². The molecule has 0 radical (unpaired) electrons. The van der Waals surface area contributed by atoms with E-state index < -0.39 is 5.97 Å². The number of esters is 1. The Kier molecular flexibility index (Phi) is 6.84. The number of hydrogen-bond donors (Lipinski definition) is 2. The van der Waals surface area contributed by atoms with E-state index in [9.17, 15) is 9.59 Å². The van der Waals surface area contributed by atoms with Crippen molar-refractivity contribution in [2.24, 2.45) is 0 Å². The van der Waals surface area contributed by atoms with Crippen molar-refractivity contribution in [2.45, 2.75) is 6.42 Å². The minimum absolute atomic E-state index is 0.204. The zero-order valence-electron chi connectivity index (χ0n) is 15.0. The van der Waals surface area contributed by atoms with Crippen LogP contribution in [0.25, 0.3) is 0 Å². The van der Waals surface area contributed by atoms with Crippen LogP contribution in [0.5, 0.6) is 11.5 Å². The Morgan fingerprint density at radius 2 is 1.73 bits per heavy atom. The lowest BCUT2D eigenvalue weighted by Gasteiger charge is -2.13. The zero-order chi connectivity index (χ0) is 18.9. The van der Waals surface area contributed by atoms with Crippen LogP contribution in [0.4, 0.5) is 11.4 Å². The number of methoxy groups -OCH3 is 3. The van der Waals surface area contributed by atoms with Crippen molar-refractivity contribution >= 4 is 23.3 Å². The van der Waals surface area contributed by atoms with Gasteiger partial charge in [-0.25, -0.2) is 4.79 Å². The Hall–Kier alpha value is -3.22. The molecule has 0 unspecified atom stereocenters. The fourth-order valence-corrected chi connectivity index (χ4v) is 2.36. The molecule has 0 saturated heterocycles. The molecule has 1 amide bonds. The third kappa shape index (κ3) is 4.89. The van der Waals surface area contributed by atoms with Crippen LogP contribution >= 0.6 is 0 Å². The molecular weight excluding hydrogens is 336 g/mol. The quantitative estimate of drug-likeness (QED) is 0.706. The van der Waals surface area contributed by atoms with Crippen LogP contribution in [-0.2, 0) is 9.53 Å². The predicted molar refractivity (Wildman–Crippen MR) is 99.1 cm³/mol. The first-order valence-corrected chi connectivity index (χ1v) is 8.02. The van der Waals surface area contributed by atoms with Gasteiger partial charge in [0.05, 0.1) is 38.3 Å². The molecular formula is C19H22N2O5. The Balaban J connectivity index is 1.95. The molecule has 0 aliphatic carbocycles. The second-order valence-electron chi connectivity index (χ2n) is 5.33. The molecule has 0 atom stereocenters. The van der Waals surface area contributed by atoms with Crippen LogP contribution in [0.15, 0.2) is 42.5 Å². The van der Waals surface area contributed by atoms with Gasteiger partial charge < -0.3 is 24.8 Å². The van der Waals surface area contributed by atoms with Gasteiger partial charge >= 0.3 is 5.97 Å². The van der Waals surface area contributed by atoms with E-state index in [0.29, 0.717) is 29.3 Å². The van der Waals surface area contributed by atoms with Gasteiger partial charge in [0.1, 0.15) is 11.5 Å². The van der Waals surface area contributed by atoms with Crippen molar-refractivity contribution in [3.63, 3.8) is 0 Å². The summed E-state index contributed by atoms with van der Waals surface area (Å²) in [5, 5.41) is 5.87. The molecule has 2 N–H and O–H groups in total. The van der Waals surface area contributed by atoms with Gasteiger partial charge in [-0.2, -0.15) is 0 Å². The summed E-state index contributed by atoms with van der Waals surface area (Å²) in [5.74, 6) is 0.614. The third-order valence-electron chi connectivity index (χ3n) is 3.68. The lowest BCUT2D eigenvalue weighted by molar-refractivity contribution is -0.115. The summed E-state index contributed by atoms with van der Waals surface area (Å²) in [7, 11) is 4.45. The standard InChI is InChI=1S/C19H22N2O5/c1-24-13-8-9-17(25-2)16(12-13)20-11-10-18(22)21-15-7-5-4-6-14(15)19(23)26-3/h4-9,12,20H,10-11H2,1-3H3,(H,21,22). The molecule has 0 bridgehead atoms. The number of benzene rings is 2. The molecule has 2 aromatic carbocycles. The lowest BCUT2D eigenvalue weighted by Crippen LogP contribution is -2.18. The van der Waals surface area contributed by atoms with Gasteiger partial charge in [-0.05, 0) is 24.3 Å². The maximum atomic E-state index is 12.2. The topological polar surface area (TPSA) is 85.9 Å². The van der Waals surface area contributed by atoms with Crippen LogP contribution in [0.1, 0.15) is 16.8 Å². The Bertz CT molecular complexity index is 776. The van der Waals surface area contributed by atoms with E-state index >= 15 is 0 Å². The highest BCUT2D eigenvalue weighted by molar-refractivity contribution is 6.01. The van der Waals surface area contributed by atoms with Gasteiger partial charge in [-0.15, -0.1) is 0 Å². The summed E-state index contributed by atoms with van der Waals surface area (Å²) in [6.45, 7) is 0.385. The summed E-state index contributed by atoms with van der Waals surface area (Å²) in [6, 6.07) is 12.1. The van der Waals surface area contributed by atoms with Gasteiger partial charge in [-0.1, -0.05) is 12.1 Å². The number of anilines is 2. The predicted octanol–water partition coefficient (Wildman–Crippen LogP) is 2.93. The molecule has 0 heterocycles. The first-order chi connectivity index (χ1) is 12.6. The molecule has 7 heteroatoms. The number of carbonyl (C=O) groups is 2. The van der Waals surface area contributed by atoms with Gasteiger partial charge in [0.2, 0.25) is 5.91 Å². The maximum Gasteiger partial charge on any atom is 0.339 e. The number of amides is 1. The van der Waals surface area contributed by atoms with E-state index in [1.54, 1.807) is 56.7 Å². The number of carbonyl (C=O) groups excluding carboxylic acids is 2. The largest absolute Gasteiger partial charge is 0.497 e. The second-order valence-corrected chi connectivity index (χ2v) is 5.33. The summed E-state index contributed by atoms with van der Waals surface area (Å²) in [6.07, 6.45) is 0.204. The Labute approximate surface area is 152 Å². The zero-order valence-corrected chi connectivity index (χ0v) is 15.0. The van der Waals surface area contributed by atoms with E-state index in [1.165, 1.54) is 7.11 Å². The Morgan fingerprint density at radius 1 is 0.962 bits per heavy atom. The summed E-state index contributed by atoms with van der Waals surface area (Å²) in [4.78, 5) is 23.9. The molecule has 0 aliphatic rings. The fourth-order valence-electron chi connectivity index (χ4n) is 2.36. The minimum Gasteiger partial charge on any atom is -0.497 e. The summed E-state index contributed by atoms with van der Waals surface area (Å²) < 4.78 is 15.2. The van der Waals surface area contributed by atoms with E-state index in [0.717, 1.165) is 5.69 Å². The molecule has 2 aromatic rings. The van der Waals surface area contributed by atoms with Gasteiger partial charge in [0.15, 0.2) is 0 Å². The lowest BCUT2D eigenvalue weighted by atomic mass is 10.1. The Morgan fingerprint density at radius 3 is 2.42 bits per heavy atom. The van der Waals surface area contributed by atoms with Gasteiger partial charge in [0.25, 0.3) is 0 Å². The molecule has 0 aromatic heterocycles. The third-order valence-corrected chi connectivity index (χ3v) is 3.68. The highest BCUT2D eigenvalue weighted by Gasteiger charge is 2.13. The SMILES string of the molecule is COC(=O)c1ccccc1NC(=O)CCNc1cc(OC)ccc1OC. The number of hydrogen-bond acceptors (Lipinski definition) is 6. The van der Waals surface area contributed by atoms with E-state index in [-0.39, 0.29) is 12.3 Å². The number of ether oxygens (including phenoxy) is 3. The first kappa shape index (κ1) is 19.1. The van der Waals surface area contributed by atoms with Crippen LogP contribution in [0.3, 0.4) is 0 Å². The average molecular weight is 358 g/mol. The molecule has 0 aliphatic heterocycles. The molecule has 0 saturated carbocycles. The van der Waals surface area contributed by atoms with E-state index in [4.69, 9.17) is 14.2 Å². The van der Waals surface area contributed by atoms with Crippen molar-refractivity contribution in [2.75, 3.05) is 38.5 Å². The molecule has 138 valence electrons. The maximum absolute atomic E-state index is 12.2. The van der Waals surface area contributed by atoms with Crippen molar-refractivity contribution in [1.82, 2.24) is 0 Å². The van der Waals surface area contributed by atoms with Crippen LogP contribution in [-0.4, -0.2) is 39.8 Å². The average Bonchev–Trinajstić information content (AvgIpc) is 2.67. The molecule has 2 rings (SSSR count). The van der Waals surface area contributed by atoms with E-state index in [2.05, 4.69) is 10.6 Å². The highest BCUT2D eigenvalue weighted by atomic mass is 16.5. The fraction of sp³-hybridized carbons (Fsp3) is 0.263. The van der Waals surface area contributed by atoms with Crippen LogP contribution in [0.2, 0.25) is 0 Å².